The Morgan fingerprint density at radius 2 is 2.00 bits per heavy atom. The first-order valence-corrected chi connectivity index (χ1v) is 7.00. The average Bonchev–Trinajstić information content (AvgIpc) is 2.47. The van der Waals surface area contributed by atoms with Crippen molar-refractivity contribution in [2.45, 2.75) is 0 Å². The maximum Gasteiger partial charge on any atom is 0.256 e. The van der Waals surface area contributed by atoms with E-state index >= 15 is 0 Å². The van der Waals surface area contributed by atoms with Crippen LogP contribution in [0.25, 0.3) is 10.9 Å². The highest BCUT2D eigenvalue weighted by Gasteiger charge is 2.10. The van der Waals surface area contributed by atoms with Crippen LogP contribution in [0, 0.1) is 0 Å². The van der Waals surface area contributed by atoms with Crippen molar-refractivity contribution >= 4 is 44.2 Å². The van der Waals surface area contributed by atoms with Gasteiger partial charge in [0.2, 0.25) is 0 Å². The molecule has 1 aromatic heterocycles. The van der Waals surface area contributed by atoms with Gasteiger partial charge in [-0.05, 0) is 36.4 Å². The third kappa shape index (κ3) is 2.85. The number of nitrogens with two attached hydrogens (primary N) is 1. The monoisotopic (exact) mass is 342 g/mol. The van der Waals surface area contributed by atoms with Crippen LogP contribution in [-0.4, -0.2) is 15.9 Å². The summed E-state index contributed by atoms with van der Waals surface area (Å²) in [5.74, 6) is 0.234. The van der Waals surface area contributed by atoms with Crippen molar-refractivity contribution in [1.29, 1.82) is 0 Å². The van der Waals surface area contributed by atoms with Crippen LogP contribution in [0.2, 0.25) is 0 Å². The first kappa shape index (κ1) is 13.5. The molecule has 6 heteroatoms. The molecule has 1 amide bonds. The number of nitrogen functional groups attached to an aromatic ring is 1. The van der Waals surface area contributed by atoms with Gasteiger partial charge in [-0.3, -0.25) is 4.79 Å². The van der Waals surface area contributed by atoms with Crippen LogP contribution >= 0.6 is 15.9 Å². The lowest BCUT2D eigenvalue weighted by molar-refractivity contribution is 0.102. The van der Waals surface area contributed by atoms with Crippen LogP contribution in [0.1, 0.15) is 10.4 Å². The largest absolute Gasteiger partial charge is 0.399 e. The number of benzene rings is 2. The van der Waals surface area contributed by atoms with Crippen molar-refractivity contribution in [2.75, 3.05) is 11.1 Å². The summed E-state index contributed by atoms with van der Waals surface area (Å²) < 4.78 is 0.843. The van der Waals surface area contributed by atoms with E-state index in [0.717, 1.165) is 9.86 Å². The summed E-state index contributed by atoms with van der Waals surface area (Å²) in [6.07, 6.45) is 1.40. The van der Waals surface area contributed by atoms with Gasteiger partial charge in [0, 0.05) is 21.1 Å². The molecule has 0 radical (unpaired) electrons. The first-order chi connectivity index (χ1) is 10.1. The van der Waals surface area contributed by atoms with Gasteiger partial charge in [-0.25, -0.2) is 9.97 Å². The second-order valence-electron chi connectivity index (χ2n) is 4.46. The lowest BCUT2D eigenvalue weighted by Gasteiger charge is -2.08. The van der Waals surface area contributed by atoms with Crippen LogP contribution in [0.3, 0.4) is 0 Å². The molecule has 0 bridgehead atoms. The maximum absolute atomic E-state index is 12.3. The van der Waals surface area contributed by atoms with E-state index in [0.29, 0.717) is 22.6 Å². The molecule has 0 unspecified atom stereocenters. The molecule has 3 aromatic rings. The highest BCUT2D eigenvalue weighted by atomic mass is 79.9. The van der Waals surface area contributed by atoms with E-state index in [-0.39, 0.29) is 5.91 Å². The molecule has 3 N–H and O–H groups in total. The number of anilines is 2. The molecular weight excluding hydrogens is 332 g/mol. The van der Waals surface area contributed by atoms with E-state index in [1.165, 1.54) is 6.33 Å². The van der Waals surface area contributed by atoms with Crippen LogP contribution in [0.5, 0.6) is 0 Å². The number of hydrogen-bond acceptors (Lipinski definition) is 4. The molecule has 0 saturated heterocycles. The van der Waals surface area contributed by atoms with Crippen molar-refractivity contribution < 1.29 is 4.79 Å². The maximum atomic E-state index is 12.3. The third-order valence-electron chi connectivity index (χ3n) is 2.98. The van der Waals surface area contributed by atoms with E-state index in [1.54, 1.807) is 36.4 Å². The van der Waals surface area contributed by atoms with E-state index in [1.807, 2.05) is 6.07 Å². The summed E-state index contributed by atoms with van der Waals surface area (Å²) >= 11 is 3.34. The quantitative estimate of drug-likeness (QED) is 0.700. The number of rotatable bonds is 2. The van der Waals surface area contributed by atoms with Gasteiger partial charge in [-0.15, -0.1) is 0 Å². The topological polar surface area (TPSA) is 80.9 Å². The first-order valence-electron chi connectivity index (χ1n) is 6.20. The Morgan fingerprint density at radius 1 is 1.14 bits per heavy atom. The van der Waals surface area contributed by atoms with E-state index in [9.17, 15) is 4.79 Å². The van der Waals surface area contributed by atoms with Gasteiger partial charge in [0.15, 0.2) is 0 Å². The van der Waals surface area contributed by atoms with Crippen LogP contribution < -0.4 is 11.1 Å². The predicted molar refractivity (Wildman–Crippen MR) is 86.0 cm³/mol. The Hall–Kier alpha value is -2.47. The van der Waals surface area contributed by atoms with E-state index in [4.69, 9.17) is 5.73 Å². The fraction of sp³-hybridized carbons (Fsp3) is 0. The number of carbonyl (C=O) groups is 1. The molecule has 0 atom stereocenters. The zero-order chi connectivity index (χ0) is 14.8. The SMILES string of the molecule is Nc1ccc2c(NC(=O)c3cccc(Br)c3)ncnc2c1. The predicted octanol–water partition coefficient (Wildman–Crippen LogP) is 3.23. The normalized spacial score (nSPS) is 10.5. The summed E-state index contributed by atoms with van der Waals surface area (Å²) in [5, 5.41) is 3.54. The minimum atomic E-state index is -0.229. The summed E-state index contributed by atoms with van der Waals surface area (Å²) in [4.78, 5) is 20.5. The van der Waals surface area contributed by atoms with Gasteiger partial charge in [0.1, 0.15) is 12.1 Å². The highest BCUT2D eigenvalue weighted by Crippen LogP contribution is 2.22. The molecule has 0 fully saturated rings. The number of amides is 1. The molecule has 0 aliphatic rings. The highest BCUT2D eigenvalue weighted by molar-refractivity contribution is 9.10. The summed E-state index contributed by atoms with van der Waals surface area (Å²) in [6.45, 7) is 0. The molecule has 0 aliphatic heterocycles. The summed E-state index contributed by atoms with van der Waals surface area (Å²) in [6, 6.07) is 12.4. The number of aromatic nitrogens is 2. The molecule has 1 heterocycles. The molecular formula is C15H11BrN4O. The second kappa shape index (κ2) is 5.49. The minimum absolute atomic E-state index is 0.229. The minimum Gasteiger partial charge on any atom is -0.399 e. The molecule has 3 rings (SSSR count). The molecule has 2 aromatic carbocycles. The lowest BCUT2D eigenvalue weighted by Crippen LogP contribution is -2.13. The molecule has 0 spiro atoms. The average molecular weight is 343 g/mol. The van der Waals surface area contributed by atoms with Gasteiger partial charge < -0.3 is 11.1 Å². The van der Waals surface area contributed by atoms with Gasteiger partial charge in [-0.2, -0.15) is 0 Å². The number of carbonyl (C=O) groups excluding carboxylic acids is 1. The number of fused-ring (bicyclic) bond motifs is 1. The van der Waals surface area contributed by atoms with Gasteiger partial charge in [0.25, 0.3) is 5.91 Å². The van der Waals surface area contributed by atoms with Crippen LogP contribution in [0.15, 0.2) is 53.3 Å². The van der Waals surface area contributed by atoms with Crippen molar-refractivity contribution in [3.63, 3.8) is 0 Å². The fourth-order valence-corrected chi connectivity index (χ4v) is 2.38. The van der Waals surface area contributed by atoms with E-state index in [2.05, 4.69) is 31.2 Å². The Morgan fingerprint density at radius 3 is 2.81 bits per heavy atom. The third-order valence-corrected chi connectivity index (χ3v) is 3.47. The molecule has 0 saturated carbocycles. The number of hydrogen-bond donors (Lipinski definition) is 2. The standard InChI is InChI=1S/C15H11BrN4O/c16-10-3-1-2-9(6-10)15(21)20-14-12-5-4-11(17)7-13(12)18-8-19-14/h1-8H,17H2,(H,18,19,20,21). The lowest BCUT2D eigenvalue weighted by atomic mass is 10.2. The van der Waals surface area contributed by atoms with Gasteiger partial charge >= 0.3 is 0 Å². The summed E-state index contributed by atoms with van der Waals surface area (Å²) in [5.41, 5.74) is 7.58. The Labute approximate surface area is 129 Å². The van der Waals surface area contributed by atoms with Gasteiger partial charge in [-0.1, -0.05) is 22.0 Å². The fourth-order valence-electron chi connectivity index (χ4n) is 1.98. The van der Waals surface area contributed by atoms with Crippen LogP contribution in [-0.2, 0) is 0 Å². The smallest absolute Gasteiger partial charge is 0.256 e. The number of nitrogens with zero attached hydrogens (tertiary/aromatic N) is 2. The Balaban J connectivity index is 1.96. The van der Waals surface area contributed by atoms with Crippen molar-refractivity contribution in [2.24, 2.45) is 0 Å². The molecule has 21 heavy (non-hydrogen) atoms. The number of nitrogens with one attached hydrogen (secondary N) is 1. The molecule has 0 aliphatic carbocycles. The molecule has 104 valence electrons. The van der Waals surface area contributed by atoms with E-state index < -0.39 is 0 Å². The zero-order valence-electron chi connectivity index (χ0n) is 10.9. The Bertz CT molecular complexity index is 835. The number of halogens is 1. The molecule has 5 nitrogen and oxygen atoms in total. The van der Waals surface area contributed by atoms with Crippen molar-refractivity contribution in [1.82, 2.24) is 9.97 Å². The van der Waals surface area contributed by atoms with Crippen LogP contribution in [0.4, 0.5) is 11.5 Å². The zero-order valence-corrected chi connectivity index (χ0v) is 12.5. The van der Waals surface area contributed by atoms with Crippen molar-refractivity contribution in [3.8, 4) is 0 Å². The summed E-state index contributed by atoms with van der Waals surface area (Å²) in [7, 11) is 0. The van der Waals surface area contributed by atoms with Gasteiger partial charge in [0.05, 0.1) is 5.52 Å². The Kier molecular flexibility index (Phi) is 3.53. The second-order valence-corrected chi connectivity index (χ2v) is 5.38. The van der Waals surface area contributed by atoms with Crippen molar-refractivity contribution in [3.05, 3.63) is 58.8 Å².